The van der Waals surface area contributed by atoms with Crippen LogP contribution in [-0.4, -0.2) is 24.1 Å². The van der Waals surface area contributed by atoms with Gasteiger partial charge < -0.3 is 9.47 Å². The van der Waals surface area contributed by atoms with Gasteiger partial charge in [-0.3, -0.25) is 4.79 Å². The molecule has 0 aliphatic carbocycles. The Labute approximate surface area is 98.1 Å². The van der Waals surface area contributed by atoms with E-state index in [1.165, 1.54) is 0 Å². The number of hydrogen-bond donors (Lipinski definition) is 0. The van der Waals surface area contributed by atoms with E-state index in [4.69, 9.17) is 9.47 Å². The van der Waals surface area contributed by atoms with Crippen LogP contribution in [0.3, 0.4) is 0 Å². The molecule has 2 aliphatic heterocycles. The summed E-state index contributed by atoms with van der Waals surface area (Å²) >= 11 is 1.85. The van der Waals surface area contributed by atoms with Crippen molar-refractivity contribution >= 4 is 17.5 Å². The molecule has 1 saturated heterocycles. The van der Waals surface area contributed by atoms with Gasteiger partial charge in [-0.05, 0) is 30.4 Å². The Kier molecular flexibility index (Phi) is 2.52. The van der Waals surface area contributed by atoms with Crippen molar-refractivity contribution in [1.82, 2.24) is 0 Å². The van der Waals surface area contributed by atoms with E-state index in [-0.39, 0.29) is 18.5 Å². The monoisotopic (exact) mass is 236 g/mol. The second kappa shape index (κ2) is 4.01. The van der Waals surface area contributed by atoms with Crippen LogP contribution in [0.25, 0.3) is 0 Å². The highest BCUT2D eigenvalue weighted by Gasteiger charge is 2.25. The molecule has 0 radical (unpaired) electrons. The molecule has 2 heterocycles. The summed E-state index contributed by atoms with van der Waals surface area (Å²) in [6, 6.07) is 5.45. The smallest absolute Gasteiger partial charge is 0.231 e. The molecule has 0 saturated carbocycles. The van der Waals surface area contributed by atoms with Crippen molar-refractivity contribution in [1.29, 1.82) is 0 Å². The molecule has 1 atom stereocenters. The SMILES string of the molecule is O=C(c1ccc2c(c1)OCO2)C1CCSC1. The normalized spacial score (nSPS) is 22.4. The number of fused-ring (bicyclic) bond motifs is 1. The number of ether oxygens (including phenoxy) is 2. The van der Waals surface area contributed by atoms with Gasteiger partial charge in [-0.25, -0.2) is 0 Å². The molecule has 1 unspecified atom stereocenters. The lowest BCUT2D eigenvalue weighted by Gasteiger charge is -2.07. The quantitative estimate of drug-likeness (QED) is 0.738. The highest BCUT2D eigenvalue weighted by Crippen LogP contribution is 2.34. The molecular formula is C12H12O3S. The van der Waals surface area contributed by atoms with Crippen molar-refractivity contribution in [2.75, 3.05) is 18.3 Å². The fourth-order valence-electron chi connectivity index (χ4n) is 2.03. The van der Waals surface area contributed by atoms with Crippen molar-refractivity contribution in [3.05, 3.63) is 23.8 Å². The summed E-state index contributed by atoms with van der Waals surface area (Å²) < 4.78 is 10.5. The first-order valence-corrected chi connectivity index (χ1v) is 6.51. The average molecular weight is 236 g/mol. The summed E-state index contributed by atoms with van der Waals surface area (Å²) in [5, 5.41) is 0. The van der Waals surface area contributed by atoms with Gasteiger partial charge in [0.1, 0.15) is 0 Å². The van der Waals surface area contributed by atoms with Crippen molar-refractivity contribution in [2.45, 2.75) is 6.42 Å². The van der Waals surface area contributed by atoms with E-state index < -0.39 is 0 Å². The van der Waals surface area contributed by atoms with Crippen LogP contribution in [0, 0.1) is 5.92 Å². The Bertz CT molecular complexity index is 424. The zero-order chi connectivity index (χ0) is 11.0. The van der Waals surface area contributed by atoms with Crippen LogP contribution in [-0.2, 0) is 0 Å². The minimum absolute atomic E-state index is 0.186. The summed E-state index contributed by atoms with van der Waals surface area (Å²) in [6.07, 6.45) is 0.998. The molecule has 1 aromatic carbocycles. The molecule has 4 heteroatoms. The molecule has 0 N–H and O–H groups in total. The highest BCUT2D eigenvalue weighted by atomic mass is 32.2. The van der Waals surface area contributed by atoms with Crippen LogP contribution in [0.15, 0.2) is 18.2 Å². The van der Waals surface area contributed by atoms with E-state index in [2.05, 4.69) is 0 Å². The lowest BCUT2D eigenvalue weighted by Crippen LogP contribution is -2.13. The van der Waals surface area contributed by atoms with Crippen molar-refractivity contribution in [3.8, 4) is 11.5 Å². The lowest BCUT2D eigenvalue weighted by atomic mass is 9.97. The molecule has 1 aromatic rings. The maximum absolute atomic E-state index is 12.1. The van der Waals surface area contributed by atoms with Crippen LogP contribution < -0.4 is 9.47 Å². The van der Waals surface area contributed by atoms with Gasteiger partial charge >= 0.3 is 0 Å². The lowest BCUT2D eigenvalue weighted by molar-refractivity contribution is 0.0933. The minimum atomic E-state index is 0.186. The molecular weight excluding hydrogens is 224 g/mol. The van der Waals surface area contributed by atoms with Gasteiger partial charge in [-0.15, -0.1) is 0 Å². The third-order valence-corrected chi connectivity index (χ3v) is 4.12. The maximum Gasteiger partial charge on any atom is 0.231 e. The molecule has 16 heavy (non-hydrogen) atoms. The predicted octanol–water partition coefficient (Wildman–Crippen LogP) is 2.35. The van der Waals surface area contributed by atoms with Crippen molar-refractivity contribution in [3.63, 3.8) is 0 Å². The minimum Gasteiger partial charge on any atom is -0.454 e. The molecule has 3 rings (SSSR count). The van der Waals surface area contributed by atoms with Gasteiger partial charge in [-0.2, -0.15) is 11.8 Å². The Morgan fingerprint density at radius 2 is 2.19 bits per heavy atom. The van der Waals surface area contributed by atoms with Crippen LogP contribution in [0.2, 0.25) is 0 Å². The third-order valence-electron chi connectivity index (χ3n) is 2.96. The molecule has 2 aliphatic rings. The van der Waals surface area contributed by atoms with Crippen LogP contribution in [0.5, 0.6) is 11.5 Å². The van der Waals surface area contributed by atoms with Gasteiger partial charge in [0.05, 0.1) is 0 Å². The highest BCUT2D eigenvalue weighted by molar-refractivity contribution is 7.99. The molecule has 1 fully saturated rings. The predicted molar refractivity (Wildman–Crippen MR) is 62.3 cm³/mol. The Hall–Kier alpha value is -1.16. The first-order chi connectivity index (χ1) is 7.84. The number of rotatable bonds is 2. The Balaban J connectivity index is 1.86. The summed E-state index contributed by atoms with van der Waals surface area (Å²) in [7, 11) is 0. The standard InChI is InChI=1S/C12H12O3S/c13-12(9-3-4-16-6-9)8-1-2-10-11(5-8)15-7-14-10/h1-2,5,9H,3-4,6-7H2. The summed E-state index contributed by atoms with van der Waals surface area (Å²) in [5.41, 5.74) is 0.747. The largest absolute Gasteiger partial charge is 0.454 e. The number of Topliss-reactive ketones (excluding diaryl/α,β-unsaturated/α-hetero) is 1. The number of ketones is 1. The zero-order valence-corrected chi connectivity index (χ0v) is 9.59. The fraction of sp³-hybridized carbons (Fsp3) is 0.417. The number of benzene rings is 1. The van der Waals surface area contributed by atoms with Gasteiger partial charge in [-0.1, -0.05) is 0 Å². The summed E-state index contributed by atoms with van der Waals surface area (Å²) in [5.74, 6) is 3.90. The number of hydrogen-bond acceptors (Lipinski definition) is 4. The van der Waals surface area contributed by atoms with Crippen LogP contribution in [0.1, 0.15) is 16.8 Å². The summed E-state index contributed by atoms with van der Waals surface area (Å²) in [4.78, 5) is 12.1. The van der Waals surface area contributed by atoms with E-state index in [1.807, 2.05) is 23.9 Å². The molecule has 3 nitrogen and oxygen atoms in total. The second-order valence-electron chi connectivity index (χ2n) is 3.99. The topological polar surface area (TPSA) is 35.5 Å². The van der Waals surface area contributed by atoms with Gasteiger partial charge in [0, 0.05) is 17.2 Å². The van der Waals surface area contributed by atoms with E-state index in [0.717, 1.165) is 29.2 Å². The van der Waals surface area contributed by atoms with Crippen LogP contribution >= 0.6 is 11.8 Å². The fourth-order valence-corrected chi connectivity index (χ4v) is 3.25. The zero-order valence-electron chi connectivity index (χ0n) is 8.77. The van der Waals surface area contributed by atoms with E-state index in [1.54, 1.807) is 6.07 Å². The molecule has 0 spiro atoms. The number of carbonyl (C=O) groups is 1. The molecule has 84 valence electrons. The Morgan fingerprint density at radius 1 is 1.31 bits per heavy atom. The van der Waals surface area contributed by atoms with Gasteiger partial charge in [0.2, 0.25) is 6.79 Å². The van der Waals surface area contributed by atoms with Crippen LogP contribution in [0.4, 0.5) is 0 Å². The maximum atomic E-state index is 12.1. The average Bonchev–Trinajstić information content (AvgIpc) is 2.98. The molecule has 0 bridgehead atoms. The van der Waals surface area contributed by atoms with E-state index in [0.29, 0.717) is 5.75 Å². The van der Waals surface area contributed by atoms with E-state index >= 15 is 0 Å². The van der Waals surface area contributed by atoms with Gasteiger partial charge in [0.25, 0.3) is 0 Å². The van der Waals surface area contributed by atoms with Gasteiger partial charge in [0.15, 0.2) is 17.3 Å². The first kappa shape index (κ1) is 10.0. The summed E-state index contributed by atoms with van der Waals surface area (Å²) in [6.45, 7) is 0.256. The molecule has 0 amide bonds. The molecule has 0 aromatic heterocycles. The second-order valence-corrected chi connectivity index (χ2v) is 5.14. The van der Waals surface area contributed by atoms with E-state index in [9.17, 15) is 4.79 Å². The number of thioether (sulfide) groups is 1. The number of carbonyl (C=O) groups excluding carboxylic acids is 1. The van der Waals surface area contributed by atoms with Crippen molar-refractivity contribution in [2.24, 2.45) is 5.92 Å². The van der Waals surface area contributed by atoms with Crippen molar-refractivity contribution < 1.29 is 14.3 Å². The Morgan fingerprint density at radius 3 is 3.00 bits per heavy atom. The first-order valence-electron chi connectivity index (χ1n) is 5.36. The third kappa shape index (κ3) is 1.67.